The third-order valence-corrected chi connectivity index (χ3v) is 3.47. The van der Waals surface area contributed by atoms with Gasteiger partial charge in [0.05, 0.1) is 6.54 Å². The van der Waals surface area contributed by atoms with Gasteiger partial charge >= 0.3 is 0 Å². The van der Waals surface area contributed by atoms with Crippen LogP contribution in [0.1, 0.15) is 45.4 Å². The smallest absolute Gasteiger partial charge is 0.230 e. The monoisotopic (exact) mass is 252 g/mol. The van der Waals surface area contributed by atoms with Gasteiger partial charge in [-0.05, 0) is 25.8 Å². The minimum Gasteiger partial charge on any atom is -0.423 e. The Morgan fingerprint density at radius 1 is 1.39 bits per heavy atom. The lowest BCUT2D eigenvalue weighted by atomic mass is 9.97. The number of aromatic nitrogens is 2. The van der Waals surface area contributed by atoms with Gasteiger partial charge < -0.3 is 10.2 Å². The van der Waals surface area contributed by atoms with E-state index in [0.717, 1.165) is 5.92 Å². The molecule has 102 valence electrons. The zero-order chi connectivity index (χ0) is 13.3. The van der Waals surface area contributed by atoms with E-state index in [2.05, 4.69) is 42.9 Å². The molecule has 0 saturated heterocycles. The number of nitrogens with zero attached hydrogens (tertiary/aromatic N) is 3. The van der Waals surface area contributed by atoms with Crippen molar-refractivity contribution in [3.05, 3.63) is 11.8 Å². The molecule has 0 radical (unpaired) electrons. The molecule has 1 aliphatic carbocycles. The Balaban J connectivity index is 1.98. The lowest BCUT2D eigenvalue weighted by molar-refractivity contribution is 0.193. The van der Waals surface area contributed by atoms with E-state index in [4.69, 9.17) is 10.2 Å². The lowest BCUT2D eigenvalue weighted by Gasteiger charge is -2.25. The fraction of sp³-hybridized carbons (Fsp3) is 0.846. The minimum atomic E-state index is -0.0897. The van der Waals surface area contributed by atoms with Crippen LogP contribution in [0.5, 0.6) is 0 Å². The summed E-state index contributed by atoms with van der Waals surface area (Å²) in [4.78, 5) is 2.23. The van der Waals surface area contributed by atoms with E-state index in [1.54, 1.807) is 0 Å². The van der Waals surface area contributed by atoms with Crippen LogP contribution in [0.15, 0.2) is 4.42 Å². The van der Waals surface area contributed by atoms with Crippen LogP contribution < -0.4 is 5.73 Å². The normalized spacial score (nSPS) is 18.3. The standard InChI is InChI=1S/C13H24N4O/c1-13(2,3)12-16-15-11(18-12)8-17(4)10(7-14)9-5-6-9/h9-10H,5-8,14H2,1-4H3. The average molecular weight is 252 g/mol. The van der Waals surface area contributed by atoms with Crippen molar-refractivity contribution in [2.45, 2.75) is 51.6 Å². The Bertz CT molecular complexity index is 392. The first-order chi connectivity index (χ1) is 8.41. The predicted octanol–water partition coefficient (Wildman–Crippen LogP) is 1.54. The fourth-order valence-electron chi connectivity index (χ4n) is 2.16. The molecule has 1 unspecified atom stereocenters. The maximum Gasteiger partial charge on any atom is 0.230 e. The molecule has 1 aromatic heterocycles. The van der Waals surface area contributed by atoms with Crippen LogP contribution in [0.4, 0.5) is 0 Å². The lowest BCUT2D eigenvalue weighted by Crippen LogP contribution is -2.39. The molecule has 5 nitrogen and oxygen atoms in total. The first-order valence-electron chi connectivity index (χ1n) is 6.65. The molecule has 1 aliphatic rings. The van der Waals surface area contributed by atoms with Crippen molar-refractivity contribution in [1.82, 2.24) is 15.1 Å². The number of hydrogen-bond donors (Lipinski definition) is 1. The molecule has 0 aromatic carbocycles. The van der Waals surface area contributed by atoms with Gasteiger partial charge in [-0.15, -0.1) is 10.2 Å². The summed E-state index contributed by atoms with van der Waals surface area (Å²) in [7, 11) is 2.08. The molecule has 5 heteroatoms. The SMILES string of the molecule is CN(Cc1nnc(C(C)(C)C)o1)C(CN)C1CC1. The maximum absolute atomic E-state index is 5.83. The van der Waals surface area contributed by atoms with Crippen molar-refractivity contribution in [3.8, 4) is 0 Å². The molecular weight excluding hydrogens is 228 g/mol. The highest BCUT2D eigenvalue weighted by Gasteiger charge is 2.33. The van der Waals surface area contributed by atoms with Gasteiger partial charge in [-0.25, -0.2) is 0 Å². The van der Waals surface area contributed by atoms with E-state index >= 15 is 0 Å². The van der Waals surface area contributed by atoms with Crippen molar-refractivity contribution in [2.75, 3.05) is 13.6 Å². The minimum absolute atomic E-state index is 0.0897. The number of hydrogen-bond acceptors (Lipinski definition) is 5. The molecule has 1 heterocycles. The van der Waals surface area contributed by atoms with Gasteiger partial charge in [0.25, 0.3) is 0 Å². The number of rotatable bonds is 5. The Morgan fingerprint density at radius 2 is 2.06 bits per heavy atom. The number of likely N-dealkylation sites (N-methyl/N-ethyl adjacent to an activating group) is 1. The quantitative estimate of drug-likeness (QED) is 0.861. The third-order valence-electron chi connectivity index (χ3n) is 3.47. The molecule has 18 heavy (non-hydrogen) atoms. The Morgan fingerprint density at radius 3 is 2.50 bits per heavy atom. The van der Waals surface area contributed by atoms with Gasteiger partial charge in [0.1, 0.15) is 0 Å². The fourth-order valence-corrected chi connectivity index (χ4v) is 2.16. The summed E-state index contributed by atoms with van der Waals surface area (Å²) in [6.45, 7) is 7.59. The second-order valence-corrected chi connectivity index (χ2v) is 6.31. The van der Waals surface area contributed by atoms with E-state index in [1.807, 2.05) is 0 Å². The second-order valence-electron chi connectivity index (χ2n) is 6.31. The molecule has 0 amide bonds. The van der Waals surface area contributed by atoms with Gasteiger partial charge in [0, 0.05) is 18.0 Å². The van der Waals surface area contributed by atoms with E-state index in [-0.39, 0.29) is 5.41 Å². The van der Waals surface area contributed by atoms with Gasteiger partial charge in [0.15, 0.2) is 0 Å². The highest BCUT2D eigenvalue weighted by Crippen LogP contribution is 2.34. The van der Waals surface area contributed by atoms with Crippen LogP contribution in [0.25, 0.3) is 0 Å². The van der Waals surface area contributed by atoms with Crippen LogP contribution in [-0.4, -0.2) is 34.7 Å². The molecule has 1 saturated carbocycles. The van der Waals surface area contributed by atoms with Crippen molar-refractivity contribution in [2.24, 2.45) is 11.7 Å². The summed E-state index contributed by atoms with van der Waals surface area (Å²) in [6.07, 6.45) is 2.59. The summed E-state index contributed by atoms with van der Waals surface area (Å²) in [5.41, 5.74) is 5.74. The van der Waals surface area contributed by atoms with E-state index in [1.165, 1.54) is 12.8 Å². The first-order valence-corrected chi connectivity index (χ1v) is 6.65. The van der Waals surface area contributed by atoms with Gasteiger partial charge in [0.2, 0.25) is 11.8 Å². The van der Waals surface area contributed by atoms with Crippen molar-refractivity contribution >= 4 is 0 Å². The summed E-state index contributed by atoms with van der Waals surface area (Å²) in [5, 5.41) is 8.23. The highest BCUT2D eigenvalue weighted by molar-refractivity contribution is 4.96. The first kappa shape index (κ1) is 13.5. The molecule has 2 rings (SSSR count). The zero-order valence-electron chi connectivity index (χ0n) is 11.8. The second kappa shape index (κ2) is 4.97. The van der Waals surface area contributed by atoms with E-state index in [9.17, 15) is 0 Å². The Hall–Kier alpha value is -0.940. The number of nitrogens with two attached hydrogens (primary N) is 1. The molecule has 0 bridgehead atoms. The molecule has 0 aliphatic heterocycles. The Kier molecular flexibility index (Phi) is 3.73. The largest absolute Gasteiger partial charge is 0.423 e. The van der Waals surface area contributed by atoms with Crippen LogP contribution in [0.2, 0.25) is 0 Å². The van der Waals surface area contributed by atoms with Gasteiger partial charge in [-0.1, -0.05) is 20.8 Å². The van der Waals surface area contributed by atoms with Crippen LogP contribution in [0, 0.1) is 5.92 Å². The molecule has 2 N–H and O–H groups in total. The summed E-state index contributed by atoms with van der Waals surface area (Å²) < 4.78 is 5.71. The third kappa shape index (κ3) is 3.09. The van der Waals surface area contributed by atoms with E-state index in [0.29, 0.717) is 30.9 Å². The van der Waals surface area contributed by atoms with Crippen molar-refractivity contribution in [3.63, 3.8) is 0 Å². The van der Waals surface area contributed by atoms with Crippen molar-refractivity contribution < 1.29 is 4.42 Å². The molecular formula is C13H24N4O. The zero-order valence-corrected chi connectivity index (χ0v) is 11.8. The van der Waals surface area contributed by atoms with E-state index < -0.39 is 0 Å². The maximum atomic E-state index is 5.83. The van der Waals surface area contributed by atoms with Crippen molar-refractivity contribution in [1.29, 1.82) is 0 Å². The van der Waals surface area contributed by atoms with Crippen LogP contribution in [-0.2, 0) is 12.0 Å². The van der Waals surface area contributed by atoms with Crippen LogP contribution >= 0.6 is 0 Å². The molecule has 1 atom stereocenters. The summed E-state index contributed by atoms with van der Waals surface area (Å²) in [6, 6.07) is 0.440. The summed E-state index contributed by atoms with van der Waals surface area (Å²) in [5.74, 6) is 2.13. The van der Waals surface area contributed by atoms with Gasteiger partial charge in [-0.2, -0.15) is 0 Å². The summed E-state index contributed by atoms with van der Waals surface area (Å²) >= 11 is 0. The Labute approximate surface area is 109 Å². The average Bonchev–Trinajstić information content (AvgIpc) is 2.97. The van der Waals surface area contributed by atoms with Crippen LogP contribution in [0.3, 0.4) is 0 Å². The van der Waals surface area contributed by atoms with Gasteiger partial charge in [-0.3, -0.25) is 4.90 Å². The predicted molar refractivity (Wildman–Crippen MR) is 70.0 cm³/mol. The molecule has 1 fully saturated rings. The molecule has 0 spiro atoms. The molecule has 1 aromatic rings. The highest BCUT2D eigenvalue weighted by atomic mass is 16.4. The topological polar surface area (TPSA) is 68.2 Å².